The summed E-state index contributed by atoms with van der Waals surface area (Å²) in [5.41, 5.74) is 10.0. The van der Waals surface area contributed by atoms with Crippen LogP contribution in [0.5, 0.6) is 0 Å². The molecule has 0 radical (unpaired) electrons. The summed E-state index contributed by atoms with van der Waals surface area (Å²) in [5.74, 6) is 0.0947. The van der Waals surface area contributed by atoms with E-state index in [1.54, 1.807) is 18.3 Å². The second-order valence-electron chi connectivity index (χ2n) is 7.81. The monoisotopic (exact) mass is 438 g/mol. The molecule has 0 bridgehead atoms. The molecule has 1 heterocycles. The first-order chi connectivity index (χ1) is 16.1. The Morgan fingerprint density at radius 2 is 1.61 bits per heavy atom. The van der Waals surface area contributed by atoms with Gasteiger partial charge >= 0.3 is 0 Å². The van der Waals surface area contributed by atoms with Crippen LogP contribution in [-0.4, -0.2) is 21.0 Å². The van der Waals surface area contributed by atoms with E-state index in [0.717, 1.165) is 12.0 Å². The molecule has 4 N–H and O–H groups in total. The first-order valence-corrected chi connectivity index (χ1v) is 10.9. The Labute approximate surface area is 193 Å². The van der Waals surface area contributed by atoms with Gasteiger partial charge in [-0.3, -0.25) is 4.79 Å². The van der Waals surface area contributed by atoms with Crippen molar-refractivity contribution in [1.29, 1.82) is 0 Å². The lowest BCUT2D eigenvalue weighted by atomic mass is 10.1. The smallest absolute Gasteiger partial charge is 0.225 e. The zero-order valence-corrected chi connectivity index (χ0v) is 18.2. The maximum absolute atomic E-state index is 12.6. The van der Waals surface area contributed by atoms with E-state index in [-0.39, 0.29) is 11.7 Å². The van der Waals surface area contributed by atoms with Crippen molar-refractivity contribution in [3.8, 4) is 11.3 Å². The number of carbonyl (C=O) groups excluding carboxylic acids is 1. The van der Waals surface area contributed by atoms with Gasteiger partial charge in [0.2, 0.25) is 5.91 Å². The van der Waals surface area contributed by atoms with E-state index in [1.165, 1.54) is 5.56 Å². The molecule has 4 aromatic rings. The minimum atomic E-state index is -1.04. The second kappa shape index (κ2) is 10.5. The third kappa shape index (κ3) is 5.81. The lowest BCUT2D eigenvalue weighted by Gasteiger charge is -2.16. The van der Waals surface area contributed by atoms with Crippen LogP contribution >= 0.6 is 0 Å². The number of aromatic nitrogens is 2. The van der Waals surface area contributed by atoms with Crippen LogP contribution in [0.15, 0.2) is 91.1 Å². The highest BCUT2D eigenvalue weighted by atomic mass is 16.3. The molecule has 1 amide bonds. The fourth-order valence-electron chi connectivity index (χ4n) is 3.57. The largest absolute Gasteiger partial charge is 0.399 e. The first kappa shape index (κ1) is 22.2. The van der Waals surface area contributed by atoms with Gasteiger partial charge in [0, 0.05) is 17.7 Å². The number of amides is 1. The summed E-state index contributed by atoms with van der Waals surface area (Å²) in [4.78, 5) is 21.7. The molecule has 0 saturated carbocycles. The standard InChI is InChI=1S/C27H26N4O2/c28-22-16-14-20(15-17-22)23-18-29-27(25(30-23)26(33)21-11-5-2-6-12-21)31-24(32)13-7-10-19-8-3-1-4-9-19/h1-6,8-9,11-12,14-18,26,33H,7,10,13,28H2,(H,29,31,32). The van der Waals surface area contributed by atoms with Crippen molar-refractivity contribution in [3.63, 3.8) is 0 Å². The lowest BCUT2D eigenvalue weighted by Crippen LogP contribution is -2.17. The van der Waals surface area contributed by atoms with Crippen LogP contribution < -0.4 is 11.1 Å². The summed E-state index contributed by atoms with van der Waals surface area (Å²) in [5, 5.41) is 13.9. The SMILES string of the molecule is Nc1ccc(-c2cnc(NC(=O)CCCc3ccccc3)c(C(O)c3ccccc3)n2)cc1. The molecule has 1 aromatic heterocycles. The highest BCUT2D eigenvalue weighted by Gasteiger charge is 2.20. The van der Waals surface area contributed by atoms with Crippen LogP contribution in [0.4, 0.5) is 11.5 Å². The van der Waals surface area contributed by atoms with Crippen molar-refractivity contribution >= 4 is 17.4 Å². The summed E-state index contributed by atoms with van der Waals surface area (Å²) < 4.78 is 0. The number of nitrogens with zero attached hydrogens (tertiary/aromatic N) is 2. The van der Waals surface area contributed by atoms with Crippen molar-refractivity contribution in [1.82, 2.24) is 9.97 Å². The van der Waals surface area contributed by atoms with E-state index in [9.17, 15) is 9.90 Å². The van der Waals surface area contributed by atoms with Crippen LogP contribution in [0.1, 0.15) is 35.8 Å². The maximum Gasteiger partial charge on any atom is 0.225 e. The summed E-state index contributed by atoms with van der Waals surface area (Å²) in [6.45, 7) is 0. The summed E-state index contributed by atoms with van der Waals surface area (Å²) in [6.07, 6.45) is 2.43. The number of nitrogen functional groups attached to an aromatic ring is 1. The van der Waals surface area contributed by atoms with Crippen molar-refractivity contribution in [2.45, 2.75) is 25.4 Å². The molecule has 0 aliphatic heterocycles. The van der Waals surface area contributed by atoms with Gasteiger partial charge in [0.15, 0.2) is 5.82 Å². The Hall–Kier alpha value is -4.03. The Morgan fingerprint density at radius 3 is 2.30 bits per heavy atom. The number of aryl methyl sites for hydroxylation is 1. The quantitative estimate of drug-likeness (QED) is 0.344. The van der Waals surface area contributed by atoms with Gasteiger partial charge in [-0.15, -0.1) is 0 Å². The van der Waals surface area contributed by atoms with Crippen LogP contribution in [0.25, 0.3) is 11.3 Å². The number of aliphatic hydroxyl groups excluding tert-OH is 1. The molecule has 0 spiro atoms. The van der Waals surface area contributed by atoms with Gasteiger partial charge in [0.1, 0.15) is 11.8 Å². The Morgan fingerprint density at radius 1 is 0.939 bits per heavy atom. The fourth-order valence-corrected chi connectivity index (χ4v) is 3.57. The Bertz CT molecular complexity index is 1200. The van der Waals surface area contributed by atoms with E-state index in [0.29, 0.717) is 35.5 Å². The van der Waals surface area contributed by atoms with E-state index >= 15 is 0 Å². The highest BCUT2D eigenvalue weighted by Crippen LogP contribution is 2.28. The molecule has 6 nitrogen and oxygen atoms in total. The number of rotatable bonds is 8. The first-order valence-electron chi connectivity index (χ1n) is 10.9. The van der Waals surface area contributed by atoms with E-state index in [2.05, 4.69) is 15.3 Å². The molecule has 3 aromatic carbocycles. The third-order valence-electron chi connectivity index (χ3n) is 5.35. The number of hydrogen-bond acceptors (Lipinski definition) is 5. The molecule has 166 valence electrons. The van der Waals surface area contributed by atoms with Gasteiger partial charge in [0.05, 0.1) is 11.9 Å². The second-order valence-corrected chi connectivity index (χ2v) is 7.81. The van der Waals surface area contributed by atoms with Crippen LogP contribution in [0.3, 0.4) is 0 Å². The molecule has 4 rings (SSSR count). The zero-order valence-electron chi connectivity index (χ0n) is 18.2. The van der Waals surface area contributed by atoms with E-state index < -0.39 is 6.10 Å². The minimum absolute atomic E-state index is 0.165. The topological polar surface area (TPSA) is 101 Å². The summed E-state index contributed by atoms with van der Waals surface area (Å²) in [6, 6.07) is 26.5. The molecule has 1 unspecified atom stereocenters. The maximum atomic E-state index is 12.6. The highest BCUT2D eigenvalue weighted by molar-refractivity contribution is 5.90. The molecule has 0 fully saturated rings. The molecule has 33 heavy (non-hydrogen) atoms. The third-order valence-corrected chi connectivity index (χ3v) is 5.35. The summed E-state index contributed by atoms with van der Waals surface area (Å²) in [7, 11) is 0. The molecular weight excluding hydrogens is 412 g/mol. The van der Waals surface area contributed by atoms with E-state index in [1.807, 2.05) is 72.8 Å². The van der Waals surface area contributed by atoms with Crippen molar-refractivity contribution in [3.05, 3.63) is 108 Å². The predicted octanol–water partition coefficient (Wildman–Crippen LogP) is 4.77. The van der Waals surface area contributed by atoms with E-state index in [4.69, 9.17) is 5.73 Å². The van der Waals surface area contributed by atoms with Gasteiger partial charge in [0.25, 0.3) is 0 Å². The van der Waals surface area contributed by atoms with Gasteiger partial charge in [-0.25, -0.2) is 9.97 Å². The normalized spacial score (nSPS) is 11.7. The molecule has 0 saturated heterocycles. The predicted molar refractivity (Wildman–Crippen MR) is 130 cm³/mol. The van der Waals surface area contributed by atoms with Gasteiger partial charge < -0.3 is 16.2 Å². The van der Waals surface area contributed by atoms with Crippen molar-refractivity contribution in [2.75, 3.05) is 11.1 Å². The summed E-state index contributed by atoms with van der Waals surface area (Å²) >= 11 is 0. The molecular formula is C27H26N4O2. The molecule has 0 aliphatic carbocycles. The molecule has 6 heteroatoms. The average molecular weight is 439 g/mol. The molecule has 1 atom stereocenters. The van der Waals surface area contributed by atoms with Crippen LogP contribution in [-0.2, 0) is 11.2 Å². The fraction of sp³-hybridized carbons (Fsp3) is 0.148. The number of anilines is 2. The lowest BCUT2D eigenvalue weighted by molar-refractivity contribution is -0.116. The number of benzene rings is 3. The molecule has 0 aliphatic rings. The average Bonchev–Trinajstić information content (AvgIpc) is 2.85. The minimum Gasteiger partial charge on any atom is -0.399 e. The van der Waals surface area contributed by atoms with Crippen LogP contribution in [0, 0.1) is 0 Å². The number of nitrogens with two attached hydrogens (primary N) is 1. The van der Waals surface area contributed by atoms with Gasteiger partial charge in [-0.1, -0.05) is 72.8 Å². The number of aliphatic hydroxyl groups is 1. The van der Waals surface area contributed by atoms with Crippen molar-refractivity contribution in [2.24, 2.45) is 0 Å². The van der Waals surface area contributed by atoms with Gasteiger partial charge in [-0.2, -0.15) is 0 Å². The van der Waals surface area contributed by atoms with Crippen LogP contribution in [0.2, 0.25) is 0 Å². The zero-order chi connectivity index (χ0) is 23.0. The Kier molecular flexibility index (Phi) is 7.07. The number of hydrogen-bond donors (Lipinski definition) is 3. The van der Waals surface area contributed by atoms with Gasteiger partial charge in [-0.05, 0) is 36.1 Å². The van der Waals surface area contributed by atoms with Crippen molar-refractivity contribution < 1.29 is 9.90 Å². The number of nitrogens with one attached hydrogen (secondary N) is 1. The number of carbonyl (C=O) groups is 1. The Balaban J connectivity index is 1.55.